The third kappa shape index (κ3) is 4.09. The molecule has 0 saturated carbocycles. The number of amides is 1. The minimum Gasteiger partial charge on any atom is -0.354 e. The number of nitrogens with zero attached hydrogens (tertiary/aromatic N) is 2. The molecule has 0 bridgehead atoms. The third-order valence-corrected chi connectivity index (χ3v) is 1.88. The van der Waals surface area contributed by atoms with Crippen molar-refractivity contribution in [2.24, 2.45) is 0 Å². The van der Waals surface area contributed by atoms with E-state index in [-0.39, 0.29) is 12.5 Å². The summed E-state index contributed by atoms with van der Waals surface area (Å²) in [7, 11) is 3.05. The fourth-order valence-electron chi connectivity index (χ4n) is 1.06. The Bertz CT molecular complexity index is 283. The van der Waals surface area contributed by atoms with E-state index in [1.54, 1.807) is 23.3 Å². The van der Waals surface area contributed by atoms with Crippen molar-refractivity contribution >= 4 is 5.91 Å². The van der Waals surface area contributed by atoms with E-state index in [2.05, 4.69) is 10.3 Å². The Balaban J connectivity index is 2.24. The average molecular weight is 213 g/mol. The number of carbonyl (C=O) groups excluding carboxylic acids is 1. The second kappa shape index (κ2) is 6.15. The Morgan fingerprint density at radius 3 is 2.80 bits per heavy atom. The van der Waals surface area contributed by atoms with Crippen LogP contribution in [0.5, 0.6) is 0 Å². The van der Waals surface area contributed by atoms with E-state index in [0.717, 1.165) is 0 Å². The van der Waals surface area contributed by atoms with Gasteiger partial charge in [-0.25, -0.2) is 4.98 Å². The first-order chi connectivity index (χ1) is 7.26. The monoisotopic (exact) mass is 213 g/mol. The van der Waals surface area contributed by atoms with E-state index >= 15 is 0 Å². The maximum absolute atomic E-state index is 11.4. The maximum atomic E-state index is 11.4. The lowest BCUT2D eigenvalue weighted by atomic mass is 10.5. The van der Waals surface area contributed by atoms with Crippen LogP contribution in [0, 0.1) is 0 Å². The number of carbonyl (C=O) groups is 1. The first-order valence-corrected chi connectivity index (χ1v) is 4.54. The molecule has 0 aliphatic heterocycles. The molecule has 0 atom stereocenters. The summed E-state index contributed by atoms with van der Waals surface area (Å²) in [5, 5.41) is 2.69. The van der Waals surface area contributed by atoms with Crippen molar-refractivity contribution in [3.05, 3.63) is 18.7 Å². The average Bonchev–Trinajstić information content (AvgIpc) is 2.72. The molecule has 0 aliphatic carbocycles. The third-order valence-electron chi connectivity index (χ3n) is 1.88. The van der Waals surface area contributed by atoms with Gasteiger partial charge in [-0.1, -0.05) is 0 Å². The van der Waals surface area contributed by atoms with Gasteiger partial charge in [0.25, 0.3) is 0 Å². The highest BCUT2D eigenvalue weighted by Crippen LogP contribution is 1.89. The topological polar surface area (TPSA) is 65.4 Å². The zero-order chi connectivity index (χ0) is 11.1. The fourth-order valence-corrected chi connectivity index (χ4v) is 1.06. The smallest absolute Gasteiger partial charge is 0.240 e. The van der Waals surface area contributed by atoms with E-state index in [9.17, 15) is 4.79 Å². The van der Waals surface area contributed by atoms with E-state index in [4.69, 9.17) is 9.47 Å². The van der Waals surface area contributed by atoms with Crippen LogP contribution in [-0.2, 0) is 20.8 Å². The van der Waals surface area contributed by atoms with E-state index in [1.807, 2.05) is 0 Å². The number of aromatic nitrogens is 2. The lowest BCUT2D eigenvalue weighted by molar-refractivity contribution is -0.127. The molecule has 6 heteroatoms. The van der Waals surface area contributed by atoms with Crippen molar-refractivity contribution in [3.63, 3.8) is 0 Å². The number of imidazole rings is 1. The van der Waals surface area contributed by atoms with Gasteiger partial charge in [0.15, 0.2) is 6.29 Å². The Labute approximate surface area is 88.2 Å². The van der Waals surface area contributed by atoms with Gasteiger partial charge in [-0.2, -0.15) is 0 Å². The molecule has 1 rings (SSSR count). The molecule has 0 unspecified atom stereocenters. The van der Waals surface area contributed by atoms with Crippen LogP contribution in [0.4, 0.5) is 0 Å². The Morgan fingerprint density at radius 1 is 1.53 bits per heavy atom. The van der Waals surface area contributed by atoms with Crippen LogP contribution in [-0.4, -0.2) is 42.5 Å². The zero-order valence-electron chi connectivity index (χ0n) is 8.84. The van der Waals surface area contributed by atoms with Crippen molar-refractivity contribution in [1.82, 2.24) is 14.9 Å². The normalized spacial score (nSPS) is 10.6. The highest BCUT2D eigenvalue weighted by atomic mass is 16.7. The van der Waals surface area contributed by atoms with Gasteiger partial charge in [0, 0.05) is 26.6 Å². The van der Waals surface area contributed by atoms with Crippen molar-refractivity contribution in [2.75, 3.05) is 20.8 Å². The Hall–Kier alpha value is -1.40. The van der Waals surface area contributed by atoms with Crippen LogP contribution in [0.2, 0.25) is 0 Å². The molecule has 6 nitrogen and oxygen atoms in total. The molecule has 1 N–H and O–H groups in total. The Kier molecular flexibility index (Phi) is 4.79. The van der Waals surface area contributed by atoms with Gasteiger partial charge >= 0.3 is 0 Å². The molecular formula is C9H15N3O3. The maximum Gasteiger partial charge on any atom is 0.240 e. The fraction of sp³-hybridized carbons (Fsp3) is 0.556. The van der Waals surface area contributed by atoms with Crippen molar-refractivity contribution in [1.29, 1.82) is 0 Å². The molecule has 0 radical (unpaired) electrons. The number of nitrogens with one attached hydrogen (secondary N) is 1. The minimum absolute atomic E-state index is 0.105. The standard InChI is InChI=1S/C9H15N3O3/c1-14-9(15-2)5-11-8(13)6-12-4-3-10-7-12/h3-4,7,9H,5-6H2,1-2H3,(H,11,13). The zero-order valence-corrected chi connectivity index (χ0v) is 8.84. The summed E-state index contributed by atoms with van der Waals surface area (Å²) in [4.78, 5) is 15.2. The van der Waals surface area contributed by atoms with Crippen LogP contribution >= 0.6 is 0 Å². The van der Waals surface area contributed by atoms with Crippen molar-refractivity contribution in [2.45, 2.75) is 12.8 Å². The van der Waals surface area contributed by atoms with Crippen molar-refractivity contribution < 1.29 is 14.3 Å². The minimum atomic E-state index is -0.406. The van der Waals surface area contributed by atoms with Gasteiger partial charge in [0.1, 0.15) is 6.54 Å². The van der Waals surface area contributed by atoms with E-state index < -0.39 is 6.29 Å². The summed E-state index contributed by atoms with van der Waals surface area (Å²) in [6.07, 6.45) is 4.53. The second-order valence-corrected chi connectivity index (χ2v) is 2.94. The molecule has 1 amide bonds. The van der Waals surface area contributed by atoms with Crippen LogP contribution in [0.1, 0.15) is 0 Å². The van der Waals surface area contributed by atoms with Gasteiger partial charge < -0.3 is 19.4 Å². The van der Waals surface area contributed by atoms with Crippen LogP contribution in [0.3, 0.4) is 0 Å². The molecule has 1 aromatic rings. The van der Waals surface area contributed by atoms with Crippen LogP contribution in [0.15, 0.2) is 18.7 Å². The second-order valence-electron chi connectivity index (χ2n) is 2.94. The number of hydrogen-bond acceptors (Lipinski definition) is 4. The number of rotatable bonds is 6. The summed E-state index contributed by atoms with van der Waals surface area (Å²) in [5.74, 6) is -0.105. The summed E-state index contributed by atoms with van der Waals surface area (Å²) in [5.41, 5.74) is 0. The van der Waals surface area contributed by atoms with Crippen LogP contribution in [0.25, 0.3) is 0 Å². The summed E-state index contributed by atoms with van der Waals surface area (Å²) >= 11 is 0. The molecule has 15 heavy (non-hydrogen) atoms. The molecule has 1 aromatic heterocycles. The molecule has 0 aliphatic rings. The molecule has 0 aromatic carbocycles. The summed E-state index contributed by atoms with van der Waals surface area (Å²) in [6, 6.07) is 0. The lowest BCUT2D eigenvalue weighted by Crippen LogP contribution is -2.35. The van der Waals surface area contributed by atoms with Gasteiger partial charge in [0.05, 0.1) is 12.9 Å². The highest BCUT2D eigenvalue weighted by molar-refractivity contribution is 5.75. The first-order valence-electron chi connectivity index (χ1n) is 4.54. The number of methoxy groups -OCH3 is 2. The van der Waals surface area contributed by atoms with Crippen molar-refractivity contribution in [3.8, 4) is 0 Å². The molecule has 0 fully saturated rings. The largest absolute Gasteiger partial charge is 0.354 e. The quantitative estimate of drug-likeness (QED) is 0.654. The number of ether oxygens (including phenoxy) is 2. The predicted molar refractivity (Wildman–Crippen MR) is 53.0 cm³/mol. The SMILES string of the molecule is COC(CNC(=O)Cn1ccnc1)OC. The lowest BCUT2D eigenvalue weighted by Gasteiger charge is -2.13. The van der Waals surface area contributed by atoms with E-state index in [1.165, 1.54) is 14.2 Å². The van der Waals surface area contributed by atoms with E-state index in [0.29, 0.717) is 6.54 Å². The van der Waals surface area contributed by atoms with Gasteiger partial charge in [-0.15, -0.1) is 0 Å². The summed E-state index contributed by atoms with van der Waals surface area (Å²) < 4.78 is 11.5. The molecule has 1 heterocycles. The molecular weight excluding hydrogens is 198 g/mol. The highest BCUT2D eigenvalue weighted by Gasteiger charge is 2.07. The van der Waals surface area contributed by atoms with Gasteiger partial charge in [0.2, 0.25) is 5.91 Å². The molecule has 0 spiro atoms. The summed E-state index contributed by atoms with van der Waals surface area (Å²) in [6.45, 7) is 0.584. The Morgan fingerprint density at radius 2 is 2.27 bits per heavy atom. The first kappa shape index (κ1) is 11.7. The number of hydrogen-bond donors (Lipinski definition) is 1. The van der Waals surface area contributed by atoms with Gasteiger partial charge in [-0.3, -0.25) is 4.79 Å². The predicted octanol–water partition coefficient (Wildman–Crippen LogP) is -0.382. The molecule has 0 saturated heterocycles. The molecule has 84 valence electrons. The van der Waals surface area contributed by atoms with Gasteiger partial charge in [-0.05, 0) is 0 Å². The van der Waals surface area contributed by atoms with Crippen LogP contribution < -0.4 is 5.32 Å².